The highest BCUT2D eigenvalue weighted by atomic mass is 16.5. The van der Waals surface area contributed by atoms with Crippen LogP contribution in [0.15, 0.2) is 10.9 Å². The van der Waals surface area contributed by atoms with Gasteiger partial charge in [0, 0.05) is 0 Å². The second kappa shape index (κ2) is 4.32. The number of piperidine rings is 1. The lowest BCUT2D eigenvalue weighted by Crippen LogP contribution is -2.39. The Morgan fingerprint density at radius 3 is 3.29 bits per heavy atom. The largest absolute Gasteiger partial charge is 0.338 e. The number of carbonyl (C=O) groups is 1. The van der Waals surface area contributed by atoms with Crippen molar-refractivity contribution in [1.29, 1.82) is 0 Å². The van der Waals surface area contributed by atoms with Gasteiger partial charge in [-0.2, -0.15) is 4.98 Å². The first-order valence-electron chi connectivity index (χ1n) is 4.85. The van der Waals surface area contributed by atoms with Crippen LogP contribution in [-0.4, -0.2) is 33.9 Å². The highest BCUT2D eigenvalue weighted by Gasteiger charge is 2.22. The maximum Gasteiger partial charge on any atom is 0.240 e. The van der Waals surface area contributed by atoms with Crippen molar-refractivity contribution in [1.82, 2.24) is 15.0 Å². The number of carbonyl (C=O) groups excluding carboxylic acids is 1. The van der Waals surface area contributed by atoms with E-state index in [0.717, 1.165) is 32.1 Å². The second-order valence-corrected chi connectivity index (χ2v) is 3.50. The van der Waals surface area contributed by atoms with Crippen LogP contribution in [0.2, 0.25) is 0 Å². The molecular formula is C9H13N3O2. The van der Waals surface area contributed by atoms with E-state index in [4.69, 9.17) is 4.52 Å². The number of nitrogens with zero attached hydrogens (tertiary/aromatic N) is 3. The average Bonchev–Trinajstić information content (AvgIpc) is 2.71. The van der Waals surface area contributed by atoms with Crippen LogP contribution >= 0.6 is 0 Å². The molecule has 0 spiro atoms. The first-order valence-corrected chi connectivity index (χ1v) is 4.85. The van der Waals surface area contributed by atoms with E-state index in [0.29, 0.717) is 12.4 Å². The van der Waals surface area contributed by atoms with Gasteiger partial charge in [0.25, 0.3) is 0 Å². The third kappa shape index (κ3) is 1.98. The van der Waals surface area contributed by atoms with Crippen LogP contribution < -0.4 is 0 Å². The Hall–Kier alpha value is -1.23. The molecule has 76 valence electrons. The van der Waals surface area contributed by atoms with Crippen LogP contribution in [0.3, 0.4) is 0 Å². The number of aldehydes is 1. The van der Waals surface area contributed by atoms with Crippen LogP contribution in [0, 0.1) is 0 Å². The molecule has 5 heteroatoms. The zero-order chi connectivity index (χ0) is 9.80. The fourth-order valence-electron chi connectivity index (χ4n) is 1.81. The number of aromatic nitrogens is 2. The van der Waals surface area contributed by atoms with E-state index in [9.17, 15) is 4.79 Å². The van der Waals surface area contributed by atoms with E-state index < -0.39 is 0 Å². The Morgan fingerprint density at radius 1 is 1.64 bits per heavy atom. The van der Waals surface area contributed by atoms with E-state index in [2.05, 4.69) is 15.0 Å². The van der Waals surface area contributed by atoms with Gasteiger partial charge in [0.2, 0.25) is 5.89 Å². The minimum atomic E-state index is 0.0237. The van der Waals surface area contributed by atoms with E-state index in [-0.39, 0.29) is 6.04 Å². The normalized spacial score (nSPS) is 23.6. The molecule has 1 aliphatic rings. The summed E-state index contributed by atoms with van der Waals surface area (Å²) in [6.07, 6.45) is 5.60. The molecular weight excluding hydrogens is 182 g/mol. The predicted octanol–water partition coefficient (Wildman–Crippen LogP) is 0.623. The topological polar surface area (TPSA) is 59.2 Å². The SMILES string of the molecule is O=CC1CCCCN1Cc1ncno1. The van der Waals surface area contributed by atoms with Crippen LogP contribution in [0.1, 0.15) is 25.2 Å². The average molecular weight is 195 g/mol. The zero-order valence-electron chi connectivity index (χ0n) is 7.93. The lowest BCUT2D eigenvalue weighted by atomic mass is 10.0. The monoisotopic (exact) mass is 195 g/mol. The summed E-state index contributed by atoms with van der Waals surface area (Å²) in [4.78, 5) is 16.8. The first kappa shape index (κ1) is 9.33. The van der Waals surface area contributed by atoms with Crippen LogP contribution in [0.5, 0.6) is 0 Å². The maximum atomic E-state index is 10.8. The number of likely N-dealkylation sites (tertiary alicyclic amines) is 1. The molecule has 14 heavy (non-hydrogen) atoms. The maximum absolute atomic E-state index is 10.8. The summed E-state index contributed by atoms with van der Waals surface area (Å²) in [5, 5.41) is 3.54. The molecule has 1 fully saturated rings. The van der Waals surface area contributed by atoms with Crippen LogP contribution in [0.4, 0.5) is 0 Å². The van der Waals surface area contributed by atoms with Crippen molar-refractivity contribution in [3.8, 4) is 0 Å². The summed E-state index contributed by atoms with van der Waals surface area (Å²) in [5.41, 5.74) is 0. The van der Waals surface area contributed by atoms with Crippen molar-refractivity contribution < 1.29 is 9.32 Å². The quantitative estimate of drug-likeness (QED) is 0.662. The standard InChI is InChI=1S/C9H13N3O2/c13-6-8-3-1-2-4-12(8)5-9-10-7-11-14-9/h6-8H,1-5H2. The Morgan fingerprint density at radius 2 is 2.57 bits per heavy atom. The molecule has 1 aromatic rings. The molecule has 0 amide bonds. The second-order valence-electron chi connectivity index (χ2n) is 3.50. The van der Waals surface area contributed by atoms with Gasteiger partial charge in [-0.05, 0) is 19.4 Å². The molecule has 0 radical (unpaired) electrons. The molecule has 0 saturated carbocycles. The Kier molecular flexibility index (Phi) is 2.88. The van der Waals surface area contributed by atoms with E-state index in [1.54, 1.807) is 0 Å². The number of hydrogen-bond donors (Lipinski definition) is 0. The molecule has 1 saturated heterocycles. The van der Waals surface area contributed by atoms with Gasteiger partial charge in [-0.25, -0.2) is 0 Å². The lowest BCUT2D eigenvalue weighted by Gasteiger charge is -2.30. The van der Waals surface area contributed by atoms with Crippen molar-refractivity contribution in [2.75, 3.05) is 6.54 Å². The van der Waals surface area contributed by atoms with E-state index in [1.165, 1.54) is 6.33 Å². The molecule has 0 bridgehead atoms. The molecule has 0 aliphatic carbocycles. The van der Waals surface area contributed by atoms with Crippen molar-refractivity contribution in [3.63, 3.8) is 0 Å². The van der Waals surface area contributed by atoms with Crippen molar-refractivity contribution in [3.05, 3.63) is 12.2 Å². The fourth-order valence-corrected chi connectivity index (χ4v) is 1.81. The zero-order valence-corrected chi connectivity index (χ0v) is 7.93. The minimum Gasteiger partial charge on any atom is -0.338 e. The summed E-state index contributed by atoms with van der Waals surface area (Å²) in [6.45, 7) is 1.52. The summed E-state index contributed by atoms with van der Waals surface area (Å²) < 4.78 is 4.91. The van der Waals surface area contributed by atoms with Crippen LogP contribution in [-0.2, 0) is 11.3 Å². The molecule has 2 heterocycles. The van der Waals surface area contributed by atoms with Gasteiger partial charge in [-0.15, -0.1) is 0 Å². The molecule has 1 aliphatic heterocycles. The van der Waals surface area contributed by atoms with Crippen molar-refractivity contribution >= 4 is 6.29 Å². The van der Waals surface area contributed by atoms with Gasteiger partial charge >= 0.3 is 0 Å². The Labute approximate surface area is 82.1 Å². The van der Waals surface area contributed by atoms with Gasteiger partial charge < -0.3 is 9.32 Å². The first-order chi connectivity index (χ1) is 6.90. The summed E-state index contributed by atoms with van der Waals surface area (Å²) >= 11 is 0. The van der Waals surface area contributed by atoms with Crippen molar-refractivity contribution in [2.24, 2.45) is 0 Å². The molecule has 5 nitrogen and oxygen atoms in total. The fraction of sp³-hybridized carbons (Fsp3) is 0.667. The van der Waals surface area contributed by atoms with Gasteiger partial charge in [0.05, 0.1) is 12.6 Å². The third-order valence-corrected chi connectivity index (χ3v) is 2.57. The number of rotatable bonds is 3. The lowest BCUT2D eigenvalue weighted by molar-refractivity contribution is -0.113. The Bertz CT molecular complexity index is 286. The predicted molar refractivity (Wildman–Crippen MR) is 48.4 cm³/mol. The van der Waals surface area contributed by atoms with Gasteiger partial charge in [-0.1, -0.05) is 11.6 Å². The molecule has 1 aromatic heterocycles. The van der Waals surface area contributed by atoms with E-state index >= 15 is 0 Å². The third-order valence-electron chi connectivity index (χ3n) is 2.57. The van der Waals surface area contributed by atoms with Gasteiger partial charge in [-0.3, -0.25) is 4.90 Å². The van der Waals surface area contributed by atoms with E-state index in [1.807, 2.05) is 0 Å². The van der Waals surface area contributed by atoms with Gasteiger partial charge in [0.1, 0.15) is 6.29 Å². The van der Waals surface area contributed by atoms with Crippen LogP contribution in [0.25, 0.3) is 0 Å². The summed E-state index contributed by atoms with van der Waals surface area (Å²) in [7, 11) is 0. The summed E-state index contributed by atoms with van der Waals surface area (Å²) in [6, 6.07) is 0.0237. The highest BCUT2D eigenvalue weighted by molar-refractivity contribution is 5.57. The minimum absolute atomic E-state index is 0.0237. The van der Waals surface area contributed by atoms with Crippen molar-refractivity contribution in [2.45, 2.75) is 31.8 Å². The molecule has 2 rings (SSSR count). The molecule has 0 aromatic carbocycles. The highest BCUT2D eigenvalue weighted by Crippen LogP contribution is 2.17. The number of hydrogen-bond acceptors (Lipinski definition) is 5. The molecule has 1 atom stereocenters. The molecule has 0 N–H and O–H groups in total. The summed E-state index contributed by atoms with van der Waals surface area (Å²) in [5.74, 6) is 0.582. The van der Waals surface area contributed by atoms with Gasteiger partial charge in [0.15, 0.2) is 6.33 Å². The smallest absolute Gasteiger partial charge is 0.240 e. The molecule has 1 unspecified atom stereocenters. The Balaban J connectivity index is 1.98.